The van der Waals surface area contributed by atoms with Gasteiger partial charge in [-0.2, -0.15) is 18.3 Å². The number of nitrogens with zero attached hydrogens (tertiary/aromatic N) is 6. The van der Waals surface area contributed by atoms with Gasteiger partial charge in [0.05, 0.1) is 32.9 Å². The Hall–Kier alpha value is -4.20. The number of benzene rings is 1. The predicted octanol–water partition coefficient (Wildman–Crippen LogP) is 5.87. The van der Waals surface area contributed by atoms with Crippen LogP contribution in [-0.2, 0) is 19.8 Å². The van der Waals surface area contributed by atoms with Crippen LogP contribution < -0.4 is 10.6 Å². The molecular weight excluding hydrogens is 565 g/mol. The first-order valence-electron chi connectivity index (χ1n) is 13.4. The molecule has 1 aromatic carbocycles. The topological polar surface area (TPSA) is 82.7 Å². The summed E-state index contributed by atoms with van der Waals surface area (Å²) in [6, 6.07) is 14.8. The Morgan fingerprint density at radius 1 is 0.952 bits per heavy atom. The fraction of sp³-hybridized carbons (Fsp3) is 0.276. The highest BCUT2D eigenvalue weighted by atomic mass is 32.1. The molecule has 1 aliphatic heterocycles. The van der Waals surface area contributed by atoms with E-state index >= 15 is 0 Å². The van der Waals surface area contributed by atoms with Crippen LogP contribution in [0, 0.1) is 0 Å². The number of rotatable bonds is 6. The molecule has 0 aliphatic carbocycles. The zero-order valence-electron chi connectivity index (χ0n) is 23.0. The van der Waals surface area contributed by atoms with Crippen molar-refractivity contribution in [2.45, 2.75) is 12.7 Å². The van der Waals surface area contributed by atoms with Crippen LogP contribution in [0.5, 0.6) is 0 Å². The Balaban J connectivity index is 1.15. The molecule has 218 valence electrons. The van der Waals surface area contributed by atoms with Crippen LogP contribution in [0.4, 0.5) is 29.5 Å². The number of piperazine rings is 1. The van der Waals surface area contributed by atoms with Gasteiger partial charge in [0.1, 0.15) is 5.65 Å². The number of alkyl halides is 3. The predicted molar refractivity (Wildman–Crippen MR) is 158 cm³/mol. The minimum absolute atomic E-state index is 0.0500. The first-order chi connectivity index (χ1) is 20.1. The third kappa shape index (κ3) is 5.89. The maximum atomic E-state index is 13.9. The number of urea groups is 1. The van der Waals surface area contributed by atoms with Crippen LogP contribution in [-0.4, -0.2) is 68.2 Å². The first kappa shape index (κ1) is 27.9. The molecule has 1 saturated heterocycles. The van der Waals surface area contributed by atoms with Gasteiger partial charge in [0.25, 0.3) is 0 Å². The molecule has 9 nitrogen and oxygen atoms in total. The molecule has 0 bridgehead atoms. The number of pyridine rings is 1. The highest BCUT2D eigenvalue weighted by Gasteiger charge is 2.34. The van der Waals surface area contributed by atoms with Crippen molar-refractivity contribution in [2.24, 2.45) is 7.05 Å². The molecule has 0 atom stereocenters. The van der Waals surface area contributed by atoms with Gasteiger partial charge in [-0.15, -0.1) is 11.3 Å². The lowest BCUT2D eigenvalue weighted by atomic mass is 10.0. The number of thiophene rings is 1. The number of nitrogens with one attached hydrogen (secondary N) is 2. The van der Waals surface area contributed by atoms with Gasteiger partial charge in [-0.1, -0.05) is 12.1 Å². The highest BCUT2D eigenvalue weighted by molar-refractivity contribution is 7.18. The number of fused-ring (bicyclic) bond motifs is 1. The van der Waals surface area contributed by atoms with Crippen molar-refractivity contribution in [3.63, 3.8) is 0 Å². The van der Waals surface area contributed by atoms with Crippen molar-refractivity contribution in [2.75, 3.05) is 43.9 Å². The van der Waals surface area contributed by atoms with Crippen LogP contribution in [0.3, 0.4) is 0 Å². The van der Waals surface area contributed by atoms with E-state index in [0.29, 0.717) is 13.1 Å². The Kier molecular flexibility index (Phi) is 7.47. The average Bonchev–Trinajstić information content (AvgIpc) is 3.68. The molecule has 2 amide bonds. The smallest absolute Gasteiger partial charge is 0.308 e. The van der Waals surface area contributed by atoms with Crippen molar-refractivity contribution in [1.29, 1.82) is 0 Å². The monoisotopic (exact) mass is 594 g/mol. The maximum Gasteiger partial charge on any atom is 0.416 e. The van der Waals surface area contributed by atoms with Gasteiger partial charge in [0.2, 0.25) is 0 Å². The summed E-state index contributed by atoms with van der Waals surface area (Å²) in [5, 5.41) is 9.53. The number of anilines is 2. The third-order valence-corrected chi connectivity index (χ3v) is 8.44. The summed E-state index contributed by atoms with van der Waals surface area (Å²) >= 11 is 1.56. The van der Waals surface area contributed by atoms with Crippen LogP contribution in [0.1, 0.15) is 11.1 Å². The molecule has 1 fully saturated rings. The van der Waals surface area contributed by atoms with E-state index in [1.54, 1.807) is 29.1 Å². The summed E-state index contributed by atoms with van der Waals surface area (Å²) in [5.74, 6) is 0.275. The van der Waals surface area contributed by atoms with E-state index < -0.39 is 17.8 Å². The van der Waals surface area contributed by atoms with E-state index in [1.807, 2.05) is 59.1 Å². The van der Waals surface area contributed by atoms with Gasteiger partial charge >= 0.3 is 12.2 Å². The van der Waals surface area contributed by atoms with Gasteiger partial charge < -0.3 is 10.2 Å². The second-order valence-corrected chi connectivity index (χ2v) is 11.4. The van der Waals surface area contributed by atoms with E-state index in [-0.39, 0.29) is 23.6 Å². The van der Waals surface area contributed by atoms with Crippen LogP contribution >= 0.6 is 11.3 Å². The number of aromatic nitrogens is 4. The first-order valence-corrected chi connectivity index (χ1v) is 14.2. The third-order valence-electron chi connectivity index (χ3n) is 7.31. The number of amides is 2. The summed E-state index contributed by atoms with van der Waals surface area (Å²) in [5.41, 5.74) is 2.09. The number of likely N-dealkylation sites (N-methyl/N-ethyl adjacent to an activating group) is 1. The molecule has 5 heterocycles. The molecule has 13 heteroatoms. The minimum Gasteiger partial charge on any atom is -0.308 e. The number of aryl methyl sites for hydroxylation is 1. The van der Waals surface area contributed by atoms with Crippen molar-refractivity contribution in [3.8, 4) is 21.1 Å². The number of carbonyl (C=O) groups is 1. The molecule has 0 radical (unpaired) electrons. The molecule has 1 aliphatic rings. The molecule has 42 heavy (non-hydrogen) atoms. The number of carbonyl (C=O) groups excluding carboxylic acids is 1. The lowest BCUT2D eigenvalue weighted by Crippen LogP contribution is -2.44. The average molecular weight is 595 g/mol. The number of hydrogen-bond donors (Lipinski definition) is 2. The Bertz CT molecular complexity index is 1730. The van der Waals surface area contributed by atoms with E-state index in [2.05, 4.69) is 25.6 Å². The Labute approximate surface area is 244 Å². The van der Waals surface area contributed by atoms with Crippen LogP contribution in [0.25, 0.3) is 26.8 Å². The second kappa shape index (κ2) is 11.2. The van der Waals surface area contributed by atoms with E-state index in [1.165, 1.54) is 12.1 Å². The Morgan fingerprint density at radius 2 is 1.71 bits per heavy atom. The minimum atomic E-state index is -4.55. The van der Waals surface area contributed by atoms with Crippen molar-refractivity contribution in [1.82, 2.24) is 29.0 Å². The van der Waals surface area contributed by atoms with Gasteiger partial charge in [0.15, 0.2) is 5.82 Å². The summed E-state index contributed by atoms with van der Waals surface area (Å²) in [7, 11) is 3.76. The van der Waals surface area contributed by atoms with Crippen molar-refractivity contribution < 1.29 is 18.0 Å². The van der Waals surface area contributed by atoms with Crippen molar-refractivity contribution >= 4 is 34.5 Å². The maximum absolute atomic E-state index is 13.9. The molecule has 0 spiro atoms. The molecular formula is C29H29F3N8OS. The van der Waals surface area contributed by atoms with Crippen LogP contribution in [0.15, 0.2) is 67.0 Å². The number of imidazole rings is 1. The Morgan fingerprint density at radius 3 is 2.48 bits per heavy atom. The number of halogens is 3. The van der Waals surface area contributed by atoms with E-state index in [0.717, 1.165) is 45.9 Å². The zero-order chi connectivity index (χ0) is 29.4. The molecule has 5 aromatic rings. The summed E-state index contributed by atoms with van der Waals surface area (Å²) in [4.78, 5) is 23.3. The lowest BCUT2D eigenvalue weighted by molar-refractivity contribution is -0.138. The normalized spacial score (nSPS) is 14.9. The fourth-order valence-electron chi connectivity index (χ4n) is 5.07. The zero-order valence-corrected chi connectivity index (χ0v) is 23.8. The molecule has 6 rings (SSSR count). The SMILES string of the molecule is CN1CCN(Cc2ccc(NC(=O)Nc3cc(-c4ccc(-c5cnc6ccccn56)s4)n(C)n3)cc2C(F)(F)F)CC1. The quantitative estimate of drug-likeness (QED) is 0.257. The standard InChI is InChI=1S/C29H29F3N8OS/c1-37-11-13-39(14-12-37)18-19-6-7-20(15-21(19)29(30,31)32)34-28(41)35-26-16-22(38(2)36-26)24-8-9-25(42-24)23-17-33-27-5-3-4-10-40(23)27/h3-10,15-17H,11-14,18H2,1-2H3,(H2,34,35,36,41). The summed E-state index contributed by atoms with van der Waals surface area (Å²) in [6.07, 6.45) is -0.760. The summed E-state index contributed by atoms with van der Waals surface area (Å²) in [6.45, 7) is 3.23. The van der Waals surface area contributed by atoms with Crippen molar-refractivity contribution in [3.05, 3.63) is 78.1 Å². The highest BCUT2D eigenvalue weighted by Crippen LogP contribution is 2.36. The summed E-state index contributed by atoms with van der Waals surface area (Å²) < 4.78 is 45.5. The van der Waals surface area contributed by atoms with E-state index in [4.69, 9.17) is 0 Å². The van der Waals surface area contributed by atoms with E-state index in [9.17, 15) is 18.0 Å². The van der Waals surface area contributed by atoms with Gasteiger partial charge in [-0.25, -0.2) is 9.78 Å². The van der Waals surface area contributed by atoms with Crippen LogP contribution in [0.2, 0.25) is 0 Å². The van der Waals surface area contributed by atoms with Gasteiger partial charge in [-0.3, -0.25) is 19.3 Å². The molecule has 0 saturated carbocycles. The fourth-order valence-corrected chi connectivity index (χ4v) is 6.13. The second-order valence-electron chi connectivity index (χ2n) is 10.3. The largest absolute Gasteiger partial charge is 0.416 e. The molecule has 4 aromatic heterocycles. The molecule has 2 N–H and O–H groups in total. The lowest BCUT2D eigenvalue weighted by Gasteiger charge is -2.33. The van der Waals surface area contributed by atoms with Gasteiger partial charge in [0, 0.05) is 57.7 Å². The molecule has 0 unspecified atom stereocenters. The van der Waals surface area contributed by atoms with Gasteiger partial charge in [-0.05, 0) is 49.0 Å². The number of hydrogen-bond acceptors (Lipinski definition) is 6.